The molecule has 0 aliphatic rings. The first-order valence-electron chi connectivity index (χ1n) is 10.3. The van der Waals surface area contributed by atoms with E-state index in [9.17, 15) is 4.39 Å². The first-order chi connectivity index (χ1) is 16.1. The van der Waals surface area contributed by atoms with E-state index in [4.69, 9.17) is 27.3 Å². The van der Waals surface area contributed by atoms with E-state index in [0.717, 1.165) is 27.7 Å². The largest absolute Gasteiger partial charge is 0.382 e. The molecule has 0 atom stereocenters. The van der Waals surface area contributed by atoms with Gasteiger partial charge in [-0.2, -0.15) is 0 Å². The standard InChI is InChI=1S/C26H19ClFN5/c27-21-14-18(13-17-7-4-12-30-23(17)21)25-24(16-5-2-1-3-6-16)33-26(29)22(32-25)15-31-20-10-8-19(28)9-11-20/h1-14,31H,15H2,(H2,29,33). The summed E-state index contributed by atoms with van der Waals surface area (Å²) in [4.78, 5) is 14.0. The Labute approximate surface area is 195 Å². The highest BCUT2D eigenvalue weighted by Crippen LogP contribution is 2.35. The molecule has 0 saturated carbocycles. The summed E-state index contributed by atoms with van der Waals surface area (Å²) in [5.41, 5.74) is 11.4. The Hall–Kier alpha value is -4.03. The van der Waals surface area contributed by atoms with Gasteiger partial charge in [-0.25, -0.2) is 14.4 Å². The van der Waals surface area contributed by atoms with Gasteiger partial charge in [0.25, 0.3) is 0 Å². The molecule has 5 nitrogen and oxygen atoms in total. The molecule has 3 aromatic carbocycles. The van der Waals surface area contributed by atoms with Crippen molar-refractivity contribution in [1.29, 1.82) is 0 Å². The summed E-state index contributed by atoms with van der Waals surface area (Å²) in [6.45, 7) is 0.329. The van der Waals surface area contributed by atoms with Crippen molar-refractivity contribution in [3.05, 3.63) is 102 Å². The minimum Gasteiger partial charge on any atom is -0.382 e. The molecule has 0 spiro atoms. The van der Waals surface area contributed by atoms with E-state index in [1.54, 1.807) is 18.3 Å². The Morgan fingerprint density at radius 1 is 0.848 bits per heavy atom. The number of aromatic nitrogens is 3. The maximum Gasteiger partial charge on any atom is 0.147 e. The van der Waals surface area contributed by atoms with E-state index in [1.165, 1.54) is 12.1 Å². The molecule has 2 heterocycles. The molecule has 0 aliphatic heterocycles. The van der Waals surface area contributed by atoms with Crippen LogP contribution in [0.4, 0.5) is 15.9 Å². The van der Waals surface area contributed by atoms with E-state index in [0.29, 0.717) is 34.5 Å². The maximum absolute atomic E-state index is 13.2. The smallest absolute Gasteiger partial charge is 0.147 e. The highest BCUT2D eigenvalue weighted by Gasteiger charge is 2.17. The van der Waals surface area contributed by atoms with Crippen molar-refractivity contribution in [1.82, 2.24) is 15.0 Å². The number of anilines is 2. The summed E-state index contributed by atoms with van der Waals surface area (Å²) < 4.78 is 13.2. The average molecular weight is 456 g/mol. The van der Waals surface area contributed by atoms with E-state index in [2.05, 4.69) is 10.3 Å². The molecular weight excluding hydrogens is 437 g/mol. The maximum atomic E-state index is 13.2. The SMILES string of the molecule is Nc1nc(-c2ccccc2)c(-c2cc(Cl)c3ncccc3c2)nc1CNc1ccc(F)cc1. The number of benzene rings is 3. The van der Waals surface area contributed by atoms with Gasteiger partial charge < -0.3 is 11.1 Å². The van der Waals surface area contributed by atoms with Gasteiger partial charge in [-0.1, -0.05) is 48.0 Å². The summed E-state index contributed by atoms with van der Waals surface area (Å²) in [7, 11) is 0. The number of halogens is 2. The fourth-order valence-electron chi connectivity index (χ4n) is 3.65. The number of pyridine rings is 1. The fourth-order valence-corrected chi connectivity index (χ4v) is 3.93. The minimum atomic E-state index is -0.294. The topological polar surface area (TPSA) is 76.7 Å². The zero-order chi connectivity index (χ0) is 22.8. The highest BCUT2D eigenvalue weighted by atomic mass is 35.5. The van der Waals surface area contributed by atoms with Crippen LogP contribution >= 0.6 is 11.6 Å². The molecule has 0 amide bonds. The van der Waals surface area contributed by atoms with Crippen molar-refractivity contribution >= 4 is 34.0 Å². The van der Waals surface area contributed by atoms with E-state index in [1.807, 2.05) is 54.6 Å². The van der Waals surface area contributed by atoms with Crippen molar-refractivity contribution in [3.8, 4) is 22.5 Å². The molecule has 0 aliphatic carbocycles. The number of nitrogens with zero attached hydrogens (tertiary/aromatic N) is 3. The van der Waals surface area contributed by atoms with Gasteiger partial charge in [0.1, 0.15) is 17.3 Å². The van der Waals surface area contributed by atoms with Gasteiger partial charge in [-0.3, -0.25) is 4.98 Å². The van der Waals surface area contributed by atoms with Crippen LogP contribution in [0.3, 0.4) is 0 Å². The third-order valence-electron chi connectivity index (χ3n) is 5.28. The molecule has 5 rings (SSSR count). The second-order valence-corrected chi connectivity index (χ2v) is 7.92. The molecule has 0 radical (unpaired) electrons. The number of nitrogens with two attached hydrogens (primary N) is 1. The summed E-state index contributed by atoms with van der Waals surface area (Å²) in [6.07, 6.45) is 1.71. The number of nitrogen functional groups attached to an aromatic ring is 1. The predicted molar refractivity (Wildman–Crippen MR) is 131 cm³/mol. The van der Waals surface area contributed by atoms with Crippen LogP contribution in [0, 0.1) is 5.82 Å². The summed E-state index contributed by atoms with van der Waals surface area (Å²) >= 11 is 6.56. The van der Waals surface area contributed by atoms with Gasteiger partial charge in [0.05, 0.1) is 28.5 Å². The molecule has 0 fully saturated rings. The second kappa shape index (κ2) is 8.84. The number of nitrogens with one attached hydrogen (secondary N) is 1. The van der Waals surface area contributed by atoms with Gasteiger partial charge >= 0.3 is 0 Å². The fraction of sp³-hybridized carbons (Fsp3) is 0.0385. The third-order valence-corrected chi connectivity index (χ3v) is 5.57. The number of hydrogen-bond acceptors (Lipinski definition) is 5. The summed E-state index contributed by atoms with van der Waals surface area (Å²) in [5.74, 6) is 0.0257. The van der Waals surface area contributed by atoms with Gasteiger partial charge in [0.15, 0.2) is 0 Å². The number of hydrogen-bond donors (Lipinski definition) is 2. The lowest BCUT2D eigenvalue weighted by molar-refractivity contribution is 0.628. The van der Waals surface area contributed by atoms with Crippen LogP contribution in [-0.4, -0.2) is 15.0 Å². The van der Waals surface area contributed by atoms with Crippen molar-refractivity contribution in [2.75, 3.05) is 11.1 Å². The zero-order valence-corrected chi connectivity index (χ0v) is 18.2. The Bertz CT molecular complexity index is 1440. The summed E-state index contributed by atoms with van der Waals surface area (Å²) in [5, 5.41) is 4.66. The van der Waals surface area contributed by atoms with Crippen LogP contribution in [0.2, 0.25) is 5.02 Å². The first kappa shape index (κ1) is 20.8. The monoisotopic (exact) mass is 455 g/mol. The van der Waals surface area contributed by atoms with Gasteiger partial charge in [0.2, 0.25) is 0 Å². The molecule has 5 aromatic rings. The first-order valence-corrected chi connectivity index (χ1v) is 10.7. The normalized spacial score (nSPS) is 11.0. The quantitative estimate of drug-likeness (QED) is 0.323. The van der Waals surface area contributed by atoms with Crippen LogP contribution in [0.1, 0.15) is 5.69 Å². The third kappa shape index (κ3) is 4.33. The molecule has 0 bridgehead atoms. The van der Waals surface area contributed by atoms with Crippen LogP contribution in [-0.2, 0) is 6.54 Å². The van der Waals surface area contributed by atoms with Crippen LogP contribution in [0.5, 0.6) is 0 Å². The lowest BCUT2D eigenvalue weighted by Gasteiger charge is -2.15. The molecule has 162 valence electrons. The molecular formula is C26H19ClFN5. The zero-order valence-electron chi connectivity index (χ0n) is 17.5. The van der Waals surface area contributed by atoms with Crippen molar-refractivity contribution < 1.29 is 4.39 Å². The molecule has 0 saturated heterocycles. The Morgan fingerprint density at radius 2 is 1.61 bits per heavy atom. The predicted octanol–water partition coefficient (Wildman–Crippen LogP) is 6.35. The van der Waals surface area contributed by atoms with Gasteiger partial charge in [-0.05, 0) is 42.5 Å². The lowest BCUT2D eigenvalue weighted by Crippen LogP contribution is -2.09. The average Bonchev–Trinajstić information content (AvgIpc) is 2.84. The number of fused-ring (bicyclic) bond motifs is 1. The van der Waals surface area contributed by atoms with Crippen LogP contribution in [0.15, 0.2) is 85.1 Å². The molecule has 2 aromatic heterocycles. The molecule has 3 N–H and O–H groups in total. The van der Waals surface area contributed by atoms with Crippen LogP contribution in [0.25, 0.3) is 33.4 Å². The number of rotatable bonds is 5. The van der Waals surface area contributed by atoms with Crippen molar-refractivity contribution in [3.63, 3.8) is 0 Å². The van der Waals surface area contributed by atoms with E-state index in [-0.39, 0.29) is 5.82 Å². The molecule has 7 heteroatoms. The van der Waals surface area contributed by atoms with Gasteiger partial charge in [0, 0.05) is 28.4 Å². The van der Waals surface area contributed by atoms with Crippen LogP contribution < -0.4 is 11.1 Å². The van der Waals surface area contributed by atoms with E-state index < -0.39 is 0 Å². The van der Waals surface area contributed by atoms with E-state index >= 15 is 0 Å². The minimum absolute atomic E-state index is 0.294. The van der Waals surface area contributed by atoms with Gasteiger partial charge in [-0.15, -0.1) is 0 Å². The molecule has 33 heavy (non-hydrogen) atoms. The molecule has 0 unspecified atom stereocenters. The highest BCUT2D eigenvalue weighted by molar-refractivity contribution is 6.35. The summed E-state index contributed by atoms with van der Waals surface area (Å²) in [6, 6.07) is 23.5. The lowest BCUT2D eigenvalue weighted by atomic mass is 10.0. The second-order valence-electron chi connectivity index (χ2n) is 7.51. The van der Waals surface area contributed by atoms with Crippen molar-refractivity contribution in [2.24, 2.45) is 0 Å². The van der Waals surface area contributed by atoms with Crippen molar-refractivity contribution in [2.45, 2.75) is 6.54 Å². The Kier molecular flexibility index (Phi) is 5.59. The Morgan fingerprint density at radius 3 is 2.39 bits per heavy atom. The Balaban J connectivity index is 1.62.